The number of thiazole rings is 1. The fourth-order valence-corrected chi connectivity index (χ4v) is 3.64. The number of rotatable bonds is 6. The number of benzene rings is 1. The van der Waals surface area contributed by atoms with Gasteiger partial charge >= 0.3 is 0 Å². The van der Waals surface area contributed by atoms with Crippen LogP contribution in [-0.2, 0) is 0 Å². The van der Waals surface area contributed by atoms with Gasteiger partial charge in [0, 0.05) is 23.2 Å². The van der Waals surface area contributed by atoms with E-state index in [-0.39, 0.29) is 22.9 Å². The zero-order valence-electron chi connectivity index (χ0n) is 17.2. The molecule has 3 heterocycles. The van der Waals surface area contributed by atoms with Crippen LogP contribution in [0.25, 0.3) is 22.6 Å². The number of halogens is 1. The molecule has 0 spiro atoms. The Morgan fingerprint density at radius 1 is 1.19 bits per heavy atom. The number of anilines is 1. The van der Waals surface area contributed by atoms with Crippen LogP contribution in [0.2, 0.25) is 0 Å². The second-order valence-electron chi connectivity index (χ2n) is 7.02. The monoisotopic (exact) mass is 437 g/mol. The van der Waals surface area contributed by atoms with Gasteiger partial charge in [-0.1, -0.05) is 12.1 Å². The third-order valence-electron chi connectivity index (χ3n) is 4.59. The average Bonchev–Trinajstić information content (AvgIpc) is 3.42. The molecule has 0 fully saturated rings. The Balaban J connectivity index is 1.62. The van der Waals surface area contributed by atoms with E-state index in [1.165, 1.54) is 17.4 Å². The highest BCUT2D eigenvalue weighted by molar-refractivity contribution is 7.14. The van der Waals surface area contributed by atoms with Gasteiger partial charge in [-0.2, -0.15) is 5.10 Å². The number of methoxy groups -OCH3 is 1. The summed E-state index contributed by atoms with van der Waals surface area (Å²) in [5.41, 5.74) is 2.14. The SMILES string of the molecule is COc1ccc(-c2csc(NC(=O)c3cn(C(C)C)nc3-c3ccccc3F)n2)nc1. The molecule has 1 amide bonds. The fourth-order valence-electron chi connectivity index (χ4n) is 2.94. The predicted octanol–water partition coefficient (Wildman–Crippen LogP) is 5.05. The first-order chi connectivity index (χ1) is 15.0. The molecule has 0 aliphatic carbocycles. The molecule has 1 N–H and O–H groups in total. The highest BCUT2D eigenvalue weighted by Crippen LogP contribution is 2.28. The number of hydrogen-bond donors (Lipinski definition) is 1. The first-order valence-electron chi connectivity index (χ1n) is 9.57. The van der Waals surface area contributed by atoms with Crippen molar-refractivity contribution in [1.82, 2.24) is 19.7 Å². The molecule has 158 valence electrons. The molecule has 0 saturated carbocycles. The molecule has 0 saturated heterocycles. The molecule has 4 rings (SSSR count). The van der Waals surface area contributed by atoms with Crippen LogP contribution in [0.3, 0.4) is 0 Å². The van der Waals surface area contributed by atoms with E-state index in [0.717, 1.165) is 0 Å². The molecule has 1 aromatic carbocycles. The van der Waals surface area contributed by atoms with Gasteiger partial charge in [0.25, 0.3) is 5.91 Å². The van der Waals surface area contributed by atoms with Crippen LogP contribution in [0.4, 0.5) is 9.52 Å². The number of hydrogen-bond acceptors (Lipinski definition) is 6. The molecule has 4 aromatic rings. The molecular weight excluding hydrogens is 417 g/mol. The molecule has 0 aliphatic heterocycles. The van der Waals surface area contributed by atoms with Crippen LogP contribution in [0.15, 0.2) is 54.2 Å². The Morgan fingerprint density at radius 3 is 2.68 bits per heavy atom. The number of nitrogens with zero attached hydrogens (tertiary/aromatic N) is 4. The van der Waals surface area contributed by atoms with E-state index in [2.05, 4.69) is 20.4 Å². The van der Waals surface area contributed by atoms with Gasteiger partial charge < -0.3 is 4.74 Å². The lowest BCUT2D eigenvalue weighted by atomic mass is 10.1. The minimum Gasteiger partial charge on any atom is -0.495 e. The molecule has 0 atom stereocenters. The Morgan fingerprint density at radius 2 is 2.00 bits per heavy atom. The number of aromatic nitrogens is 4. The van der Waals surface area contributed by atoms with Crippen molar-refractivity contribution in [2.75, 3.05) is 12.4 Å². The van der Waals surface area contributed by atoms with E-state index in [0.29, 0.717) is 22.3 Å². The number of ether oxygens (including phenoxy) is 1. The molecule has 9 heteroatoms. The number of carbonyl (C=O) groups excluding carboxylic acids is 1. The van der Waals surface area contributed by atoms with E-state index in [9.17, 15) is 9.18 Å². The Kier molecular flexibility index (Phi) is 5.77. The third-order valence-corrected chi connectivity index (χ3v) is 5.35. The van der Waals surface area contributed by atoms with E-state index in [4.69, 9.17) is 4.74 Å². The van der Waals surface area contributed by atoms with Gasteiger partial charge in [0.2, 0.25) is 0 Å². The molecule has 0 aliphatic rings. The van der Waals surface area contributed by atoms with Gasteiger partial charge in [-0.3, -0.25) is 19.8 Å². The lowest BCUT2D eigenvalue weighted by molar-refractivity contribution is 0.102. The number of carbonyl (C=O) groups is 1. The van der Waals surface area contributed by atoms with Crippen molar-refractivity contribution in [1.29, 1.82) is 0 Å². The Bertz CT molecular complexity index is 1220. The average molecular weight is 438 g/mol. The van der Waals surface area contributed by atoms with Crippen molar-refractivity contribution in [2.24, 2.45) is 0 Å². The van der Waals surface area contributed by atoms with Crippen molar-refractivity contribution in [3.8, 4) is 28.4 Å². The van der Waals surface area contributed by atoms with Crippen LogP contribution in [0.5, 0.6) is 5.75 Å². The van der Waals surface area contributed by atoms with Gasteiger partial charge in [0.1, 0.15) is 23.0 Å². The maximum atomic E-state index is 14.4. The van der Waals surface area contributed by atoms with Gasteiger partial charge in [-0.25, -0.2) is 9.37 Å². The second-order valence-corrected chi connectivity index (χ2v) is 7.88. The second kappa shape index (κ2) is 8.65. The van der Waals surface area contributed by atoms with Crippen LogP contribution in [0.1, 0.15) is 30.2 Å². The summed E-state index contributed by atoms with van der Waals surface area (Å²) in [4.78, 5) is 21.8. The van der Waals surface area contributed by atoms with Crippen molar-refractivity contribution in [2.45, 2.75) is 19.9 Å². The van der Waals surface area contributed by atoms with Crippen LogP contribution < -0.4 is 10.1 Å². The minimum absolute atomic E-state index is 0.0136. The Hall–Kier alpha value is -3.59. The third kappa shape index (κ3) is 4.31. The molecule has 31 heavy (non-hydrogen) atoms. The first kappa shape index (κ1) is 20.7. The molecule has 3 aromatic heterocycles. The zero-order valence-corrected chi connectivity index (χ0v) is 18.0. The summed E-state index contributed by atoms with van der Waals surface area (Å²) in [6.45, 7) is 3.88. The summed E-state index contributed by atoms with van der Waals surface area (Å²) >= 11 is 1.28. The molecular formula is C22H20FN5O2S. The molecule has 0 bridgehead atoms. The number of nitrogens with one attached hydrogen (secondary N) is 1. The number of pyridine rings is 1. The summed E-state index contributed by atoms with van der Waals surface area (Å²) in [6.07, 6.45) is 3.23. The standard InChI is InChI=1S/C22H20FN5O2S/c1-13(2)28-11-16(20(27-28)15-6-4-5-7-17(15)23)21(29)26-22-25-19(12-31-22)18-9-8-14(30-3)10-24-18/h4-13H,1-3H3,(H,25,26,29). The highest BCUT2D eigenvalue weighted by Gasteiger charge is 2.22. The summed E-state index contributed by atoms with van der Waals surface area (Å²) in [7, 11) is 1.57. The van der Waals surface area contributed by atoms with Crippen molar-refractivity contribution in [3.63, 3.8) is 0 Å². The van der Waals surface area contributed by atoms with Gasteiger partial charge in [0.05, 0.1) is 24.6 Å². The Labute approximate surface area is 182 Å². The normalized spacial score (nSPS) is 11.0. The lowest BCUT2D eigenvalue weighted by Gasteiger charge is -2.04. The summed E-state index contributed by atoms with van der Waals surface area (Å²) in [5.74, 6) is -0.197. The highest BCUT2D eigenvalue weighted by atomic mass is 32.1. The molecule has 7 nitrogen and oxygen atoms in total. The lowest BCUT2D eigenvalue weighted by Crippen LogP contribution is -2.12. The summed E-state index contributed by atoms with van der Waals surface area (Å²) < 4.78 is 21.2. The maximum absolute atomic E-state index is 14.4. The van der Waals surface area contributed by atoms with Crippen LogP contribution >= 0.6 is 11.3 Å². The molecule has 0 unspecified atom stereocenters. The van der Waals surface area contributed by atoms with E-state index < -0.39 is 11.7 Å². The van der Waals surface area contributed by atoms with Gasteiger partial charge in [-0.15, -0.1) is 11.3 Å². The zero-order chi connectivity index (χ0) is 22.0. The van der Waals surface area contributed by atoms with Crippen molar-refractivity contribution in [3.05, 3.63) is 65.6 Å². The maximum Gasteiger partial charge on any atom is 0.261 e. The van der Waals surface area contributed by atoms with Gasteiger partial charge in [0.15, 0.2) is 5.13 Å². The first-order valence-corrected chi connectivity index (χ1v) is 10.5. The van der Waals surface area contributed by atoms with Crippen LogP contribution in [-0.4, -0.2) is 32.8 Å². The predicted molar refractivity (Wildman–Crippen MR) is 118 cm³/mol. The topological polar surface area (TPSA) is 81.9 Å². The summed E-state index contributed by atoms with van der Waals surface area (Å²) in [5, 5.41) is 9.46. The molecule has 0 radical (unpaired) electrons. The van der Waals surface area contributed by atoms with E-state index in [1.54, 1.807) is 59.9 Å². The van der Waals surface area contributed by atoms with Crippen LogP contribution in [0, 0.1) is 5.82 Å². The van der Waals surface area contributed by atoms with E-state index in [1.807, 2.05) is 13.8 Å². The smallest absolute Gasteiger partial charge is 0.261 e. The summed E-state index contributed by atoms with van der Waals surface area (Å²) in [6, 6.07) is 9.87. The number of amides is 1. The van der Waals surface area contributed by atoms with Gasteiger partial charge in [-0.05, 0) is 38.1 Å². The quantitative estimate of drug-likeness (QED) is 0.456. The fraction of sp³-hybridized carbons (Fsp3) is 0.182. The van der Waals surface area contributed by atoms with Crippen molar-refractivity contribution >= 4 is 22.4 Å². The van der Waals surface area contributed by atoms with E-state index >= 15 is 0 Å². The largest absolute Gasteiger partial charge is 0.495 e. The van der Waals surface area contributed by atoms with Crippen molar-refractivity contribution < 1.29 is 13.9 Å². The minimum atomic E-state index is -0.437.